The molecule has 3 aliphatic heterocycles. The molecule has 3 amide bonds. The number of alkyl halides is 3. The molecule has 1 aromatic heterocycles. The van der Waals surface area contributed by atoms with Crippen molar-refractivity contribution in [3.05, 3.63) is 28.7 Å². The van der Waals surface area contributed by atoms with Crippen molar-refractivity contribution in [2.24, 2.45) is 7.05 Å². The second kappa shape index (κ2) is 10.9. The molecule has 5 rings (SSSR count). The van der Waals surface area contributed by atoms with E-state index >= 15 is 0 Å². The molecule has 11 nitrogen and oxygen atoms in total. The monoisotopic (exact) mass is 580 g/mol. The normalized spacial score (nSPS) is 24.4. The summed E-state index contributed by atoms with van der Waals surface area (Å²) < 4.78 is 39.3. The van der Waals surface area contributed by atoms with Crippen LogP contribution in [0, 0.1) is 0 Å². The van der Waals surface area contributed by atoms with E-state index in [0.717, 1.165) is 41.1 Å². The van der Waals surface area contributed by atoms with E-state index in [2.05, 4.69) is 15.5 Å². The van der Waals surface area contributed by atoms with Crippen LogP contribution in [0.25, 0.3) is 0 Å². The summed E-state index contributed by atoms with van der Waals surface area (Å²) in [6.07, 6.45) is -0.739. The van der Waals surface area contributed by atoms with E-state index in [0.29, 0.717) is 24.1 Å². The Hall–Kier alpha value is -2.01. The van der Waals surface area contributed by atoms with Crippen LogP contribution in [0.4, 0.5) is 13.2 Å². The van der Waals surface area contributed by atoms with Crippen LogP contribution >= 0.6 is 23.5 Å². The number of thioether (sulfide) groups is 2. The maximum absolute atomic E-state index is 12.9. The number of likely N-dealkylation sites (tertiary alicyclic amines) is 1. The Bertz CT molecular complexity index is 1260. The van der Waals surface area contributed by atoms with E-state index in [1.807, 2.05) is 0 Å². The average Bonchev–Trinajstić information content (AvgIpc) is 3.51. The Morgan fingerprint density at radius 1 is 1.26 bits per heavy atom. The third kappa shape index (κ3) is 5.37. The van der Waals surface area contributed by atoms with Crippen molar-refractivity contribution in [2.75, 3.05) is 18.1 Å². The number of hydrogen-bond acceptors (Lipinski definition) is 9. The number of amides is 3. The summed E-state index contributed by atoms with van der Waals surface area (Å²) in [6.45, 7) is 0.583. The molecule has 198 valence electrons. The van der Waals surface area contributed by atoms with Gasteiger partial charge >= 0.3 is 35.7 Å². The molecule has 3 fully saturated rings. The number of nitrogens with one attached hydrogen (secondary N) is 1. The largest absolute Gasteiger partial charge is 1.00 e. The number of hydrogen-bond donors (Lipinski definition) is 1. The van der Waals surface area contributed by atoms with E-state index in [-0.39, 0.29) is 63.9 Å². The number of fused-ring (bicyclic) bond motifs is 1. The second-order valence-electron chi connectivity index (χ2n) is 8.92. The minimum Gasteiger partial charge on any atom is -0.543 e. The fourth-order valence-electron chi connectivity index (χ4n) is 4.49. The maximum atomic E-state index is 12.9. The van der Waals surface area contributed by atoms with Crippen LogP contribution in [0.2, 0.25) is 0 Å². The van der Waals surface area contributed by atoms with Crippen LogP contribution in [0.15, 0.2) is 28.1 Å². The molecule has 2 saturated heterocycles. The Labute approximate surface area is 244 Å². The Balaban J connectivity index is 0.00000336. The van der Waals surface area contributed by atoms with Crippen LogP contribution < -0.4 is 40.0 Å². The Kier molecular flexibility index (Phi) is 8.29. The molecule has 0 spiro atoms. The summed E-state index contributed by atoms with van der Waals surface area (Å²) in [7, 11) is 1.12. The van der Waals surface area contributed by atoms with Crippen molar-refractivity contribution in [3.8, 4) is 0 Å². The topological polar surface area (TPSA) is 141 Å². The summed E-state index contributed by atoms with van der Waals surface area (Å²) in [5.74, 6) is -4.31. The van der Waals surface area contributed by atoms with Gasteiger partial charge < -0.3 is 24.7 Å². The van der Waals surface area contributed by atoms with Gasteiger partial charge in [-0.25, -0.2) is 0 Å². The van der Waals surface area contributed by atoms with Crippen molar-refractivity contribution in [2.45, 2.75) is 48.1 Å². The number of carboxylic acids is 1. The molecule has 38 heavy (non-hydrogen) atoms. The van der Waals surface area contributed by atoms with E-state index in [9.17, 15) is 37.5 Å². The number of aromatic nitrogens is 3. The molecule has 0 unspecified atom stereocenters. The number of carbonyl (C=O) groups is 4. The van der Waals surface area contributed by atoms with Gasteiger partial charge in [-0.2, -0.15) is 13.2 Å². The molecule has 4 aliphatic rings. The first-order chi connectivity index (χ1) is 17.5. The minimum atomic E-state index is -4.69. The number of allylic oxidation sites excluding steroid dienone is 1. The van der Waals surface area contributed by atoms with Gasteiger partial charge in [0.05, 0.1) is 17.4 Å². The fourth-order valence-corrected chi connectivity index (χ4v) is 6.52. The predicted octanol–water partition coefficient (Wildman–Crippen LogP) is -3.34. The van der Waals surface area contributed by atoms with Gasteiger partial charge in [0.2, 0.25) is 17.6 Å². The SMILES string of the molecule is Cn1c(SCC(=O)N[C@@H]2C(=O)N3C(C(=O)[O-])=C(/C=C4\CCN(C5CC5)C4=O)CS[C@H]23)nnc1C(F)(F)F.[Na+]. The quantitative estimate of drug-likeness (QED) is 0.152. The molecule has 1 aliphatic carbocycles. The van der Waals surface area contributed by atoms with Crippen molar-refractivity contribution < 1.29 is 67.0 Å². The molecular formula is C21H20F3N6NaO5S2. The first kappa shape index (κ1) is 29.0. The van der Waals surface area contributed by atoms with Crippen LogP contribution in [0.1, 0.15) is 25.1 Å². The molecule has 1 N–H and O–H groups in total. The number of carboxylic acid groups (broad SMARTS) is 1. The van der Waals surface area contributed by atoms with Crippen LogP contribution in [-0.2, 0) is 32.4 Å². The molecule has 0 bridgehead atoms. The second-order valence-corrected chi connectivity index (χ2v) is 11.0. The van der Waals surface area contributed by atoms with Gasteiger partial charge in [0.1, 0.15) is 11.4 Å². The molecule has 17 heteroatoms. The molecule has 1 aromatic rings. The first-order valence-corrected chi connectivity index (χ1v) is 13.3. The Morgan fingerprint density at radius 2 is 1.97 bits per heavy atom. The number of aliphatic carboxylic acids is 1. The van der Waals surface area contributed by atoms with Crippen LogP contribution in [-0.4, -0.2) is 83.8 Å². The van der Waals surface area contributed by atoms with Crippen LogP contribution in [0.5, 0.6) is 0 Å². The molecule has 1 saturated carbocycles. The van der Waals surface area contributed by atoms with Gasteiger partial charge in [-0.05, 0) is 30.9 Å². The van der Waals surface area contributed by atoms with Crippen molar-refractivity contribution in [1.82, 2.24) is 29.9 Å². The van der Waals surface area contributed by atoms with Crippen molar-refractivity contribution in [1.29, 1.82) is 0 Å². The number of rotatable bonds is 7. The number of carbonyl (C=O) groups excluding carboxylic acids is 4. The maximum Gasteiger partial charge on any atom is 1.00 e. The van der Waals surface area contributed by atoms with Gasteiger partial charge in [-0.15, -0.1) is 22.0 Å². The molecule has 0 radical (unpaired) electrons. The van der Waals surface area contributed by atoms with Gasteiger partial charge in [-0.1, -0.05) is 11.8 Å². The smallest absolute Gasteiger partial charge is 0.543 e. The first-order valence-electron chi connectivity index (χ1n) is 11.3. The van der Waals surface area contributed by atoms with Gasteiger partial charge in [-0.3, -0.25) is 19.3 Å². The summed E-state index contributed by atoms with van der Waals surface area (Å²) in [6, 6.07) is -0.761. The van der Waals surface area contributed by atoms with Gasteiger partial charge in [0.15, 0.2) is 5.16 Å². The zero-order valence-corrected chi connectivity index (χ0v) is 23.9. The average molecular weight is 581 g/mol. The zero-order valence-electron chi connectivity index (χ0n) is 20.3. The van der Waals surface area contributed by atoms with E-state index in [1.165, 1.54) is 17.8 Å². The molecule has 2 atom stereocenters. The third-order valence-corrected chi connectivity index (χ3v) is 8.74. The van der Waals surface area contributed by atoms with Gasteiger partial charge in [0.25, 0.3) is 5.91 Å². The van der Waals surface area contributed by atoms with Crippen molar-refractivity contribution >= 4 is 47.2 Å². The minimum absolute atomic E-state index is 0. The summed E-state index contributed by atoms with van der Waals surface area (Å²) in [5.41, 5.74) is 0.475. The van der Waals surface area contributed by atoms with Crippen molar-refractivity contribution in [3.63, 3.8) is 0 Å². The van der Waals surface area contributed by atoms with Gasteiger partial charge in [0, 0.05) is 31.0 Å². The standard InChI is InChI=1S/C21H21F3N6O5S2.Na/c1-28-19(21(22,23)24)26-27-20(28)37-8-12(31)25-13-16(33)30-14(18(34)35)10(7-36-17(13)30)6-9-4-5-29(15(9)32)11-2-3-11;/h6,11,13,17H,2-5,7-8H2,1H3,(H,25,31)(H,34,35);/q;+1/p-1/b9-6+;/t13-,17-;/m1./s1. The predicted molar refractivity (Wildman–Crippen MR) is 121 cm³/mol. The number of β-lactam (4-membered cyclic amide) rings is 1. The van der Waals surface area contributed by atoms with E-state index in [4.69, 9.17) is 0 Å². The molecular weight excluding hydrogens is 560 g/mol. The number of nitrogens with zero attached hydrogens (tertiary/aromatic N) is 5. The summed E-state index contributed by atoms with van der Waals surface area (Å²) in [4.78, 5) is 52.6. The number of halogens is 3. The van der Waals surface area contributed by atoms with Crippen LogP contribution in [0.3, 0.4) is 0 Å². The van der Waals surface area contributed by atoms with E-state index in [1.54, 1.807) is 4.90 Å². The Morgan fingerprint density at radius 3 is 2.58 bits per heavy atom. The summed E-state index contributed by atoms with van der Waals surface area (Å²) >= 11 is 1.95. The van der Waals surface area contributed by atoms with E-state index < -0.39 is 41.2 Å². The molecule has 4 heterocycles. The summed E-state index contributed by atoms with van der Waals surface area (Å²) in [5, 5.41) is 20.2. The third-order valence-electron chi connectivity index (χ3n) is 6.42. The fraction of sp³-hybridized carbons (Fsp3) is 0.524. The molecule has 0 aromatic carbocycles. The zero-order chi connectivity index (χ0) is 26.6.